The van der Waals surface area contributed by atoms with E-state index in [0.29, 0.717) is 28.8 Å². The number of ether oxygens (including phenoxy) is 2. The molecule has 7 heteroatoms. The molecule has 2 amide bonds. The molecule has 1 atom stereocenters. The van der Waals surface area contributed by atoms with Gasteiger partial charge in [0, 0.05) is 36.2 Å². The van der Waals surface area contributed by atoms with Crippen LogP contribution < -0.4 is 20.1 Å². The number of benzene rings is 2. The van der Waals surface area contributed by atoms with Gasteiger partial charge in [-0.1, -0.05) is 11.6 Å². The van der Waals surface area contributed by atoms with Gasteiger partial charge in [0.1, 0.15) is 17.6 Å². The van der Waals surface area contributed by atoms with Gasteiger partial charge in [-0.2, -0.15) is 0 Å². The Hall–Kier alpha value is -2.99. The molecule has 0 bridgehead atoms. The topological polar surface area (TPSA) is 76.7 Å². The number of amides is 2. The fourth-order valence-corrected chi connectivity index (χ4v) is 3.33. The predicted octanol–water partition coefficient (Wildman–Crippen LogP) is 4.67. The van der Waals surface area contributed by atoms with Gasteiger partial charge in [-0.05, 0) is 50.3 Å². The van der Waals surface area contributed by atoms with E-state index in [-0.39, 0.29) is 17.9 Å². The largest absolute Gasteiger partial charge is 0.493 e. The highest BCUT2D eigenvalue weighted by molar-refractivity contribution is 6.34. The number of hydrogen-bond acceptors (Lipinski definition) is 4. The van der Waals surface area contributed by atoms with Crippen molar-refractivity contribution in [2.75, 3.05) is 17.2 Å². The van der Waals surface area contributed by atoms with E-state index in [9.17, 15) is 9.59 Å². The smallest absolute Gasteiger partial charge is 0.248 e. The van der Waals surface area contributed by atoms with Gasteiger partial charge in [0.2, 0.25) is 11.8 Å². The summed E-state index contributed by atoms with van der Waals surface area (Å²) in [6.45, 7) is 5.87. The van der Waals surface area contributed by atoms with E-state index < -0.39 is 0 Å². The molecule has 0 saturated carbocycles. The maximum Gasteiger partial charge on any atom is 0.248 e. The first-order chi connectivity index (χ1) is 13.9. The zero-order valence-corrected chi connectivity index (χ0v) is 17.3. The molecule has 2 N–H and O–H groups in total. The van der Waals surface area contributed by atoms with Crippen molar-refractivity contribution in [3.63, 3.8) is 0 Å². The normalized spacial score (nSPS) is 15.0. The lowest BCUT2D eigenvalue weighted by Crippen LogP contribution is -2.09. The molecule has 0 radical (unpaired) electrons. The minimum Gasteiger partial charge on any atom is -0.493 e. The van der Waals surface area contributed by atoms with Crippen molar-refractivity contribution in [3.8, 4) is 11.5 Å². The Morgan fingerprint density at radius 1 is 1.28 bits per heavy atom. The lowest BCUT2D eigenvalue weighted by atomic mass is 10.1. The number of nitrogens with one attached hydrogen (secondary N) is 2. The Labute approximate surface area is 174 Å². The summed E-state index contributed by atoms with van der Waals surface area (Å²) >= 11 is 6.19. The molecular formula is C22H23ClN2O4. The Kier molecular flexibility index (Phi) is 6.44. The van der Waals surface area contributed by atoms with Gasteiger partial charge in [0.25, 0.3) is 0 Å². The van der Waals surface area contributed by atoms with E-state index in [0.717, 1.165) is 23.3 Å². The molecule has 152 valence electrons. The molecule has 2 aromatic carbocycles. The molecule has 6 nitrogen and oxygen atoms in total. The fourth-order valence-electron chi connectivity index (χ4n) is 3.10. The summed E-state index contributed by atoms with van der Waals surface area (Å²) in [5.74, 6) is 0.998. The van der Waals surface area contributed by atoms with E-state index in [1.807, 2.05) is 26.0 Å². The molecule has 1 unspecified atom stereocenters. The van der Waals surface area contributed by atoms with Gasteiger partial charge >= 0.3 is 0 Å². The fraction of sp³-hybridized carbons (Fsp3) is 0.273. The molecule has 0 fully saturated rings. The standard InChI is InChI=1S/C22H23ClN2O4/c1-4-28-20-11-16-9-13(2)29-21(16)10-15(20)5-8-22(27)25-19-7-6-17(12-18(19)23)24-14(3)26/h5-8,10-13H,4,9H2,1-3H3,(H,24,26)(H,25,27)/b8-5+. The molecule has 0 saturated heterocycles. The average molecular weight is 415 g/mol. The van der Waals surface area contributed by atoms with Crippen LogP contribution in [0.1, 0.15) is 31.9 Å². The van der Waals surface area contributed by atoms with Crippen LogP contribution in [0.3, 0.4) is 0 Å². The Bertz CT molecular complexity index is 972. The van der Waals surface area contributed by atoms with Crippen LogP contribution >= 0.6 is 11.6 Å². The van der Waals surface area contributed by atoms with Crippen molar-refractivity contribution < 1.29 is 19.1 Å². The highest BCUT2D eigenvalue weighted by Crippen LogP contribution is 2.35. The number of halogens is 1. The molecule has 3 rings (SSSR count). The third-order valence-electron chi connectivity index (χ3n) is 4.29. The van der Waals surface area contributed by atoms with E-state index in [2.05, 4.69) is 10.6 Å². The van der Waals surface area contributed by atoms with E-state index in [1.165, 1.54) is 13.0 Å². The van der Waals surface area contributed by atoms with Gasteiger partial charge < -0.3 is 20.1 Å². The highest BCUT2D eigenvalue weighted by atomic mass is 35.5. The van der Waals surface area contributed by atoms with Crippen LogP contribution in [0, 0.1) is 0 Å². The SMILES string of the molecule is CCOc1cc2c(cc1/C=C/C(=O)Nc1ccc(NC(C)=O)cc1Cl)OC(C)C2. The van der Waals surface area contributed by atoms with Crippen LogP contribution in [0.5, 0.6) is 11.5 Å². The lowest BCUT2D eigenvalue weighted by Gasteiger charge is -2.10. The first-order valence-corrected chi connectivity index (χ1v) is 9.76. The Morgan fingerprint density at radius 3 is 2.76 bits per heavy atom. The monoisotopic (exact) mass is 414 g/mol. The Balaban J connectivity index is 1.74. The predicted molar refractivity (Wildman–Crippen MR) is 115 cm³/mol. The summed E-state index contributed by atoms with van der Waals surface area (Å²) < 4.78 is 11.5. The number of fused-ring (bicyclic) bond motifs is 1. The molecule has 29 heavy (non-hydrogen) atoms. The second-order valence-electron chi connectivity index (χ2n) is 6.76. The van der Waals surface area contributed by atoms with Crippen LogP contribution in [0.4, 0.5) is 11.4 Å². The second kappa shape index (κ2) is 9.01. The van der Waals surface area contributed by atoms with Gasteiger partial charge in [0.15, 0.2) is 0 Å². The zero-order valence-electron chi connectivity index (χ0n) is 16.5. The molecule has 1 heterocycles. The number of hydrogen-bond donors (Lipinski definition) is 2. The second-order valence-corrected chi connectivity index (χ2v) is 7.17. The van der Waals surface area contributed by atoms with Crippen molar-refractivity contribution in [1.29, 1.82) is 0 Å². The summed E-state index contributed by atoms with van der Waals surface area (Å²) in [6, 6.07) is 8.74. The summed E-state index contributed by atoms with van der Waals surface area (Å²) in [6.07, 6.45) is 4.07. The van der Waals surface area contributed by atoms with Crippen molar-refractivity contribution in [2.24, 2.45) is 0 Å². The number of carbonyl (C=O) groups is 2. The summed E-state index contributed by atoms with van der Waals surface area (Å²) in [5.41, 5.74) is 2.88. The van der Waals surface area contributed by atoms with Crippen LogP contribution in [0.2, 0.25) is 5.02 Å². The van der Waals surface area contributed by atoms with Crippen LogP contribution in [-0.2, 0) is 16.0 Å². The maximum absolute atomic E-state index is 12.4. The molecule has 1 aliphatic rings. The quantitative estimate of drug-likeness (QED) is 0.673. The van der Waals surface area contributed by atoms with Crippen LogP contribution in [0.15, 0.2) is 36.4 Å². The summed E-state index contributed by atoms with van der Waals surface area (Å²) in [5, 5.41) is 5.69. The highest BCUT2D eigenvalue weighted by Gasteiger charge is 2.21. The zero-order chi connectivity index (χ0) is 21.0. The van der Waals surface area contributed by atoms with E-state index >= 15 is 0 Å². The summed E-state index contributed by atoms with van der Waals surface area (Å²) in [4.78, 5) is 23.5. The van der Waals surface area contributed by atoms with E-state index in [4.69, 9.17) is 21.1 Å². The van der Waals surface area contributed by atoms with E-state index in [1.54, 1.807) is 24.3 Å². The third-order valence-corrected chi connectivity index (χ3v) is 4.60. The molecule has 1 aliphatic heterocycles. The molecule has 0 aliphatic carbocycles. The van der Waals surface area contributed by atoms with Crippen molar-refractivity contribution in [2.45, 2.75) is 33.3 Å². The number of anilines is 2. The lowest BCUT2D eigenvalue weighted by molar-refractivity contribution is -0.114. The first-order valence-electron chi connectivity index (χ1n) is 9.38. The van der Waals surface area contributed by atoms with Crippen molar-refractivity contribution in [3.05, 3.63) is 52.6 Å². The van der Waals surface area contributed by atoms with Crippen molar-refractivity contribution >= 4 is 40.9 Å². The van der Waals surface area contributed by atoms with Gasteiger partial charge in [0.05, 0.1) is 17.3 Å². The van der Waals surface area contributed by atoms with Gasteiger partial charge in [-0.25, -0.2) is 0 Å². The van der Waals surface area contributed by atoms with Gasteiger partial charge in [-0.15, -0.1) is 0 Å². The summed E-state index contributed by atoms with van der Waals surface area (Å²) in [7, 11) is 0. The minimum atomic E-state index is -0.337. The first kappa shape index (κ1) is 20.7. The average Bonchev–Trinajstić information content (AvgIpc) is 3.00. The van der Waals surface area contributed by atoms with Gasteiger partial charge in [-0.3, -0.25) is 9.59 Å². The Morgan fingerprint density at radius 2 is 2.07 bits per heavy atom. The van der Waals surface area contributed by atoms with Crippen molar-refractivity contribution in [1.82, 2.24) is 0 Å². The van der Waals surface area contributed by atoms with Crippen LogP contribution in [-0.4, -0.2) is 24.5 Å². The molecule has 2 aromatic rings. The molecule has 0 spiro atoms. The number of rotatable bonds is 6. The number of carbonyl (C=O) groups excluding carboxylic acids is 2. The maximum atomic E-state index is 12.4. The molecular weight excluding hydrogens is 392 g/mol. The molecule has 0 aromatic heterocycles. The minimum absolute atomic E-state index is 0.129. The van der Waals surface area contributed by atoms with Crippen LogP contribution in [0.25, 0.3) is 6.08 Å². The third kappa shape index (κ3) is 5.29.